The van der Waals surface area contributed by atoms with Crippen molar-refractivity contribution in [2.75, 3.05) is 5.32 Å². The lowest BCUT2D eigenvalue weighted by atomic mass is 10.1. The van der Waals surface area contributed by atoms with E-state index in [9.17, 15) is 0 Å². The summed E-state index contributed by atoms with van der Waals surface area (Å²) in [6, 6.07) is 8.28. The zero-order chi connectivity index (χ0) is 14.0. The summed E-state index contributed by atoms with van der Waals surface area (Å²) in [5.74, 6) is 0. The van der Waals surface area contributed by atoms with Crippen LogP contribution in [0, 0.1) is 20.8 Å². The van der Waals surface area contributed by atoms with E-state index in [1.165, 1.54) is 16.7 Å². The minimum Gasteiger partial charge on any atom is -0.378 e. The summed E-state index contributed by atoms with van der Waals surface area (Å²) < 4.78 is 0. The van der Waals surface area contributed by atoms with Crippen LogP contribution >= 0.6 is 23.2 Å². The standard InChI is InChI=1S/C15H16Cl2N2/c1-9-4-10(2)6-12(5-9)8-18-14-11(3)7-13(16)19-15(14)17/h4-7,18H,8H2,1-3H3. The van der Waals surface area contributed by atoms with Crippen LogP contribution in [-0.4, -0.2) is 4.98 Å². The average Bonchev–Trinajstić information content (AvgIpc) is 2.25. The van der Waals surface area contributed by atoms with Crippen molar-refractivity contribution in [1.82, 2.24) is 4.98 Å². The van der Waals surface area contributed by atoms with E-state index in [1.54, 1.807) is 6.07 Å². The number of benzene rings is 1. The number of pyridine rings is 1. The number of aromatic nitrogens is 1. The van der Waals surface area contributed by atoms with Gasteiger partial charge in [-0.1, -0.05) is 52.5 Å². The van der Waals surface area contributed by atoms with Crippen LogP contribution in [0.5, 0.6) is 0 Å². The van der Waals surface area contributed by atoms with Crippen LogP contribution in [0.25, 0.3) is 0 Å². The van der Waals surface area contributed by atoms with E-state index in [2.05, 4.69) is 42.3 Å². The molecule has 1 heterocycles. The van der Waals surface area contributed by atoms with Crippen LogP contribution in [0.3, 0.4) is 0 Å². The van der Waals surface area contributed by atoms with Crippen molar-refractivity contribution in [2.24, 2.45) is 0 Å². The van der Waals surface area contributed by atoms with Gasteiger partial charge in [0.15, 0.2) is 5.15 Å². The first-order chi connectivity index (χ1) is 8.95. The number of rotatable bonds is 3. The van der Waals surface area contributed by atoms with E-state index in [-0.39, 0.29) is 0 Å². The van der Waals surface area contributed by atoms with E-state index in [0.717, 1.165) is 11.3 Å². The van der Waals surface area contributed by atoms with Crippen molar-refractivity contribution in [1.29, 1.82) is 0 Å². The maximum Gasteiger partial charge on any atom is 0.154 e. The average molecular weight is 295 g/mol. The molecule has 0 bridgehead atoms. The molecule has 1 aromatic carbocycles. The number of aryl methyl sites for hydroxylation is 3. The second-order valence-electron chi connectivity index (χ2n) is 4.78. The monoisotopic (exact) mass is 294 g/mol. The molecule has 2 nitrogen and oxygen atoms in total. The molecule has 4 heteroatoms. The zero-order valence-corrected chi connectivity index (χ0v) is 12.7. The van der Waals surface area contributed by atoms with Crippen molar-refractivity contribution in [2.45, 2.75) is 27.3 Å². The summed E-state index contributed by atoms with van der Waals surface area (Å²) in [6.45, 7) is 6.87. The Morgan fingerprint density at radius 3 is 2.21 bits per heavy atom. The molecule has 0 atom stereocenters. The maximum absolute atomic E-state index is 6.11. The quantitative estimate of drug-likeness (QED) is 0.812. The first kappa shape index (κ1) is 14.2. The molecule has 0 spiro atoms. The zero-order valence-electron chi connectivity index (χ0n) is 11.2. The fourth-order valence-electron chi connectivity index (χ4n) is 2.17. The number of hydrogen-bond donors (Lipinski definition) is 1. The molecular formula is C15H16Cl2N2. The Balaban J connectivity index is 2.19. The molecule has 0 aliphatic heterocycles. The van der Waals surface area contributed by atoms with Gasteiger partial charge in [0, 0.05) is 6.54 Å². The lowest BCUT2D eigenvalue weighted by Gasteiger charge is -2.12. The molecule has 1 aromatic heterocycles. The normalized spacial score (nSPS) is 10.6. The highest BCUT2D eigenvalue weighted by Gasteiger charge is 2.07. The maximum atomic E-state index is 6.11. The molecule has 2 aromatic rings. The minimum absolute atomic E-state index is 0.411. The predicted octanol–water partition coefficient (Wildman–Crippen LogP) is 4.93. The molecule has 0 fully saturated rings. The van der Waals surface area contributed by atoms with Gasteiger partial charge in [-0.3, -0.25) is 0 Å². The first-order valence-electron chi connectivity index (χ1n) is 6.09. The van der Waals surface area contributed by atoms with Crippen molar-refractivity contribution >= 4 is 28.9 Å². The highest BCUT2D eigenvalue weighted by molar-refractivity contribution is 6.34. The summed E-state index contributed by atoms with van der Waals surface area (Å²) in [4.78, 5) is 4.05. The second kappa shape index (κ2) is 5.81. The number of hydrogen-bond acceptors (Lipinski definition) is 2. The van der Waals surface area contributed by atoms with Crippen LogP contribution in [-0.2, 0) is 6.54 Å². The SMILES string of the molecule is Cc1cc(C)cc(CNc2c(C)cc(Cl)nc2Cl)c1. The molecule has 2 rings (SSSR count). The molecule has 0 unspecified atom stereocenters. The highest BCUT2D eigenvalue weighted by atomic mass is 35.5. The Labute approximate surface area is 123 Å². The summed E-state index contributed by atoms with van der Waals surface area (Å²) in [6.07, 6.45) is 0. The number of nitrogens with one attached hydrogen (secondary N) is 1. The lowest BCUT2D eigenvalue weighted by molar-refractivity contribution is 1.11. The fraction of sp³-hybridized carbons (Fsp3) is 0.267. The molecule has 0 aliphatic rings. The van der Waals surface area contributed by atoms with Gasteiger partial charge in [-0.2, -0.15) is 0 Å². The minimum atomic E-state index is 0.411. The van der Waals surface area contributed by atoms with Crippen LogP contribution in [0.4, 0.5) is 5.69 Å². The van der Waals surface area contributed by atoms with Gasteiger partial charge in [-0.05, 0) is 38.0 Å². The summed E-state index contributed by atoms with van der Waals surface area (Å²) in [5.41, 5.74) is 5.57. The molecular weight excluding hydrogens is 279 g/mol. The third kappa shape index (κ3) is 3.62. The van der Waals surface area contributed by atoms with Gasteiger partial charge in [0.25, 0.3) is 0 Å². The summed E-state index contributed by atoms with van der Waals surface area (Å²) in [7, 11) is 0. The molecule has 0 radical (unpaired) electrons. The topological polar surface area (TPSA) is 24.9 Å². The molecule has 0 saturated carbocycles. The van der Waals surface area contributed by atoms with Crippen LogP contribution in [0.2, 0.25) is 10.3 Å². The van der Waals surface area contributed by atoms with E-state index in [0.29, 0.717) is 16.9 Å². The third-order valence-corrected chi connectivity index (χ3v) is 3.36. The molecule has 0 saturated heterocycles. The molecule has 0 aliphatic carbocycles. The number of halogens is 2. The second-order valence-corrected chi connectivity index (χ2v) is 5.52. The molecule has 1 N–H and O–H groups in total. The third-order valence-electron chi connectivity index (χ3n) is 2.89. The molecule has 0 amide bonds. The Bertz CT molecular complexity index is 566. The predicted molar refractivity (Wildman–Crippen MR) is 82.2 cm³/mol. The van der Waals surface area contributed by atoms with Gasteiger partial charge in [0.05, 0.1) is 5.69 Å². The molecule has 100 valence electrons. The number of nitrogens with zero attached hydrogens (tertiary/aromatic N) is 1. The van der Waals surface area contributed by atoms with Gasteiger partial charge in [-0.15, -0.1) is 0 Å². The van der Waals surface area contributed by atoms with Crippen molar-refractivity contribution in [3.05, 3.63) is 56.8 Å². The number of anilines is 1. The summed E-state index contributed by atoms with van der Waals surface area (Å²) in [5, 5.41) is 4.15. The van der Waals surface area contributed by atoms with Gasteiger partial charge in [0.1, 0.15) is 5.15 Å². The molecule has 19 heavy (non-hydrogen) atoms. The Morgan fingerprint density at radius 1 is 1.00 bits per heavy atom. The van der Waals surface area contributed by atoms with Gasteiger partial charge < -0.3 is 5.32 Å². The van der Waals surface area contributed by atoms with Crippen LogP contribution in [0.1, 0.15) is 22.3 Å². The van der Waals surface area contributed by atoms with E-state index in [4.69, 9.17) is 23.2 Å². The van der Waals surface area contributed by atoms with Gasteiger partial charge >= 0.3 is 0 Å². The lowest BCUT2D eigenvalue weighted by Crippen LogP contribution is -2.03. The van der Waals surface area contributed by atoms with E-state index >= 15 is 0 Å². The largest absolute Gasteiger partial charge is 0.378 e. The van der Waals surface area contributed by atoms with Crippen molar-refractivity contribution in [3.8, 4) is 0 Å². The van der Waals surface area contributed by atoms with E-state index < -0.39 is 0 Å². The Hall–Kier alpha value is -1.25. The first-order valence-corrected chi connectivity index (χ1v) is 6.85. The highest BCUT2D eigenvalue weighted by Crippen LogP contribution is 2.27. The van der Waals surface area contributed by atoms with Gasteiger partial charge in [-0.25, -0.2) is 4.98 Å². The Kier molecular flexibility index (Phi) is 4.33. The van der Waals surface area contributed by atoms with Crippen LogP contribution < -0.4 is 5.32 Å². The fourth-order valence-corrected chi connectivity index (χ4v) is 2.77. The summed E-state index contributed by atoms with van der Waals surface area (Å²) >= 11 is 12.0. The van der Waals surface area contributed by atoms with Gasteiger partial charge in [0.2, 0.25) is 0 Å². The van der Waals surface area contributed by atoms with Crippen molar-refractivity contribution < 1.29 is 0 Å². The van der Waals surface area contributed by atoms with Crippen molar-refractivity contribution in [3.63, 3.8) is 0 Å². The van der Waals surface area contributed by atoms with Crippen LogP contribution in [0.15, 0.2) is 24.3 Å². The smallest absolute Gasteiger partial charge is 0.154 e. The van der Waals surface area contributed by atoms with E-state index in [1.807, 2.05) is 6.92 Å². The Morgan fingerprint density at radius 2 is 1.63 bits per heavy atom.